The molecule has 0 spiro atoms. The monoisotopic (exact) mass is 369 g/mol. The molecule has 1 unspecified atom stereocenters. The van der Waals surface area contributed by atoms with Crippen LogP contribution in [0.5, 0.6) is 0 Å². The second kappa shape index (κ2) is 23.0. The van der Waals surface area contributed by atoms with Crippen molar-refractivity contribution < 1.29 is 5.21 Å². The first kappa shape index (κ1) is 25.9. The summed E-state index contributed by atoms with van der Waals surface area (Å²) in [4.78, 5) is 0. The molecule has 0 aromatic heterocycles. The van der Waals surface area contributed by atoms with Crippen LogP contribution in [-0.2, 0) is 0 Å². The summed E-state index contributed by atoms with van der Waals surface area (Å²) in [6.07, 6.45) is 28.6. The highest BCUT2D eigenvalue weighted by atomic mass is 16.5. The minimum absolute atomic E-state index is 0.327. The zero-order valence-corrected chi connectivity index (χ0v) is 18.4. The molecule has 0 saturated carbocycles. The van der Waals surface area contributed by atoms with Gasteiger partial charge in [0.15, 0.2) is 0 Å². The zero-order chi connectivity index (χ0) is 19.1. The molecule has 158 valence electrons. The Kier molecular flexibility index (Phi) is 22.9. The van der Waals surface area contributed by atoms with Crippen molar-refractivity contribution in [3.05, 3.63) is 0 Å². The topological polar surface area (TPSA) is 32.3 Å². The molecule has 0 aliphatic carbocycles. The molecule has 0 radical (unpaired) electrons. The first-order chi connectivity index (χ1) is 12.8. The Balaban J connectivity index is 3.27. The SMILES string of the molecule is CCCCCCCCCCCCCC(CCCCCCCCCC)NO. The highest BCUT2D eigenvalue weighted by Crippen LogP contribution is 2.15. The van der Waals surface area contributed by atoms with Gasteiger partial charge < -0.3 is 5.21 Å². The van der Waals surface area contributed by atoms with E-state index in [1.165, 1.54) is 122 Å². The van der Waals surface area contributed by atoms with E-state index in [0.717, 1.165) is 12.8 Å². The van der Waals surface area contributed by atoms with Crippen molar-refractivity contribution in [1.29, 1.82) is 0 Å². The van der Waals surface area contributed by atoms with Gasteiger partial charge in [0.2, 0.25) is 0 Å². The number of hydrogen-bond acceptors (Lipinski definition) is 2. The molecule has 0 heterocycles. The molecule has 0 fully saturated rings. The third-order valence-corrected chi connectivity index (χ3v) is 5.74. The highest BCUT2D eigenvalue weighted by Gasteiger charge is 2.06. The van der Waals surface area contributed by atoms with E-state index in [1.807, 2.05) is 0 Å². The fourth-order valence-electron chi connectivity index (χ4n) is 3.85. The van der Waals surface area contributed by atoms with Crippen LogP contribution in [0.15, 0.2) is 0 Å². The molecule has 0 aromatic rings. The third-order valence-electron chi connectivity index (χ3n) is 5.74. The molecule has 26 heavy (non-hydrogen) atoms. The number of hydrogen-bond donors (Lipinski definition) is 2. The molecular formula is C24H51NO. The van der Waals surface area contributed by atoms with E-state index in [2.05, 4.69) is 19.3 Å². The first-order valence-corrected chi connectivity index (χ1v) is 12.2. The number of rotatable bonds is 22. The summed E-state index contributed by atoms with van der Waals surface area (Å²) >= 11 is 0. The highest BCUT2D eigenvalue weighted by molar-refractivity contribution is 4.63. The van der Waals surface area contributed by atoms with Gasteiger partial charge in [0.25, 0.3) is 0 Å². The number of nitrogens with one attached hydrogen (secondary N) is 1. The predicted octanol–water partition coefficient (Wildman–Crippen LogP) is 8.57. The number of hydroxylamine groups is 1. The molecule has 2 nitrogen and oxygen atoms in total. The largest absolute Gasteiger partial charge is 0.317 e. The summed E-state index contributed by atoms with van der Waals surface area (Å²) in [5, 5.41) is 9.34. The summed E-state index contributed by atoms with van der Waals surface area (Å²) in [6.45, 7) is 4.56. The van der Waals surface area contributed by atoms with Crippen molar-refractivity contribution >= 4 is 0 Å². The van der Waals surface area contributed by atoms with E-state index in [1.54, 1.807) is 0 Å². The van der Waals surface area contributed by atoms with E-state index in [0.29, 0.717) is 6.04 Å². The minimum Gasteiger partial charge on any atom is -0.317 e. The van der Waals surface area contributed by atoms with Gasteiger partial charge in [-0.25, -0.2) is 5.48 Å². The van der Waals surface area contributed by atoms with Crippen LogP contribution in [0.4, 0.5) is 0 Å². The van der Waals surface area contributed by atoms with Crippen LogP contribution in [0.1, 0.15) is 149 Å². The Hall–Kier alpha value is -0.0800. The maximum atomic E-state index is 9.34. The molecule has 0 bridgehead atoms. The number of unbranched alkanes of at least 4 members (excludes halogenated alkanes) is 17. The van der Waals surface area contributed by atoms with E-state index in [-0.39, 0.29) is 0 Å². The van der Waals surface area contributed by atoms with Gasteiger partial charge in [0, 0.05) is 6.04 Å². The van der Waals surface area contributed by atoms with Gasteiger partial charge in [-0.3, -0.25) is 0 Å². The molecule has 0 saturated heterocycles. The summed E-state index contributed by atoms with van der Waals surface area (Å²) in [5.41, 5.74) is 2.56. The van der Waals surface area contributed by atoms with Crippen LogP contribution in [0.3, 0.4) is 0 Å². The van der Waals surface area contributed by atoms with Crippen LogP contribution in [0.2, 0.25) is 0 Å². The van der Waals surface area contributed by atoms with Gasteiger partial charge in [0.1, 0.15) is 0 Å². The maximum absolute atomic E-state index is 9.34. The zero-order valence-electron chi connectivity index (χ0n) is 18.4. The van der Waals surface area contributed by atoms with Gasteiger partial charge in [-0.05, 0) is 12.8 Å². The smallest absolute Gasteiger partial charge is 0.0319 e. The van der Waals surface area contributed by atoms with Crippen LogP contribution in [0.25, 0.3) is 0 Å². The van der Waals surface area contributed by atoms with Gasteiger partial charge in [-0.1, -0.05) is 136 Å². The Morgan fingerprint density at radius 1 is 0.462 bits per heavy atom. The summed E-state index contributed by atoms with van der Waals surface area (Å²) in [5.74, 6) is 0. The van der Waals surface area contributed by atoms with E-state index in [9.17, 15) is 5.21 Å². The van der Waals surface area contributed by atoms with Gasteiger partial charge in [0.05, 0.1) is 0 Å². The van der Waals surface area contributed by atoms with Gasteiger partial charge >= 0.3 is 0 Å². The van der Waals surface area contributed by atoms with Crippen molar-refractivity contribution in [2.24, 2.45) is 0 Å². The lowest BCUT2D eigenvalue weighted by atomic mass is 10.00. The van der Waals surface area contributed by atoms with Crippen molar-refractivity contribution in [2.45, 2.75) is 155 Å². The quantitative estimate of drug-likeness (QED) is 0.148. The van der Waals surface area contributed by atoms with Crippen molar-refractivity contribution in [3.8, 4) is 0 Å². The van der Waals surface area contributed by atoms with Gasteiger partial charge in [-0.2, -0.15) is 0 Å². The van der Waals surface area contributed by atoms with Crippen LogP contribution in [-0.4, -0.2) is 11.2 Å². The normalized spacial score (nSPS) is 12.6. The van der Waals surface area contributed by atoms with Crippen LogP contribution >= 0.6 is 0 Å². The lowest BCUT2D eigenvalue weighted by molar-refractivity contribution is 0.114. The molecule has 0 aliphatic rings. The third kappa shape index (κ3) is 20.2. The second-order valence-electron chi connectivity index (χ2n) is 8.41. The van der Waals surface area contributed by atoms with Gasteiger partial charge in [-0.15, -0.1) is 0 Å². The molecular weight excluding hydrogens is 318 g/mol. The predicted molar refractivity (Wildman–Crippen MR) is 117 cm³/mol. The fourth-order valence-corrected chi connectivity index (χ4v) is 3.85. The van der Waals surface area contributed by atoms with E-state index >= 15 is 0 Å². The molecule has 0 aromatic carbocycles. The minimum atomic E-state index is 0.327. The van der Waals surface area contributed by atoms with Crippen molar-refractivity contribution in [3.63, 3.8) is 0 Å². The Morgan fingerprint density at radius 3 is 1.00 bits per heavy atom. The molecule has 2 heteroatoms. The Morgan fingerprint density at radius 2 is 0.731 bits per heavy atom. The molecule has 0 aliphatic heterocycles. The summed E-state index contributed by atoms with van der Waals surface area (Å²) < 4.78 is 0. The standard InChI is InChI=1S/C24H51NO/c1-3-5-7-9-11-13-14-15-17-19-21-23-24(25-26)22-20-18-16-12-10-8-6-4-2/h24-26H,3-23H2,1-2H3. The van der Waals surface area contributed by atoms with Crippen molar-refractivity contribution in [1.82, 2.24) is 5.48 Å². The van der Waals surface area contributed by atoms with Crippen molar-refractivity contribution in [2.75, 3.05) is 0 Å². The van der Waals surface area contributed by atoms with Crippen LogP contribution < -0.4 is 5.48 Å². The first-order valence-electron chi connectivity index (χ1n) is 12.2. The molecule has 0 rings (SSSR count). The lowest BCUT2D eigenvalue weighted by Gasteiger charge is -2.14. The Labute approximate surface area is 165 Å². The summed E-state index contributed by atoms with van der Waals surface area (Å²) in [6, 6.07) is 0.327. The van der Waals surface area contributed by atoms with Crippen LogP contribution in [0, 0.1) is 0 Å². The molecule has 1 atom stereocenters. The second-order valence-corrected chi connectivity index (χ2v) is 8.41. The molecule has 2 N–H and O–H groups in total. The Bertz CT molecular complexity index is 244. The van der Waals surface area contributed by atoms with E-state index in [4.69, 9.17) is 0 Å². The average molecular weight is 370 g/mol. The molecule has 0 amide bonds. The summed E-state index contributed by atoms with van der Waals surface area (Å²) in [7, 11) is 0. The maximum Gasteiger partial charge on any atom is 0.0319 e. The van der Waals surface area contributed by atoms with E-state index < -0.39 is 0 Å². The fraction of sp³-hybridized carbons (Fsp3) is 1.00. The average Bonchev–Trinajstić information content (AvgIpc) is 2.66. The lowest BCUT2D eigenvalue weighted by Crippen LogP contribution is -2.25.